The Bertz CT molecular complexity index is 486. The lowest BCUT2D eigenvalue weighted by molar-refractivity contribution is -0.196. The zero-order valence-electron chi connectivity index (χ0n) is 11.0. The monoisotopic (exact) mass is 279 g/mol. The summed E-state index contributed by atoms with van der Waals surface area (Å²) in [4.78, 5) is 32.5. The van der Waals surface area contributed by atoms with Gasteiger partial charge >= 0.3 is 0 Å². The predicted molar refractivity (Wildman–Crippen MR) is 69.8 cm³/mol. The molecule has 1 aliphatic rings. The second kappa shape index (κ2) is 6.85. The lowest BCUT2D eigenvalue weighted by Gasteiger charge is -2.25. The maximum absolute atomic E-state index is 11.8. The molecule has 0 bridgehead atoms. The molecule has 7 heteroatoms. The average Bonchev–Trinajstić information content (AvgIpc) is 2.48. The van der Waals surface area contributed by atoms with Crippen molar-refractivity contribution in [1.29, 1.82) is 0 Å². The van der Waals surface area contributed by atoms with E-state index in [2.05, 4.69) is 10.3 Å². The van der Waals surface area contributed by atoms with Crippen molar-refractivity contribution in [2.75, 3.05) is 19.7 Å². The Kier molecular flexibility index (Phi) is 4.89. The fraction of sp³-hybridized carbons (Fsp3) is 0.462. The zero-order chi connectivity index (χ0) is 14.4. The number of hydrogen-bond acceptors (Lipinski definition) is 5. The van der Waals surface area contributed by atoms with Crippen molar-refractivity contribution in [2.45, 2.75) is 19.3 Å². The van der Waals surface area contributed by atoms with E-state index in [-0.39, 0.29) is 30.3 Å². The van der Waals surface area contributed by atoms with Crippen LogP contribution in [0.15, 0.2) is 18.3 Å². The molecule has 1 saturated heterocycles. The number of nitrogens with one attached hydrogen (secondary N) is 1. The van der Waals surface area contributed by atoms with E-state index < -0.39 is 5.91 Å². The van der Waals surface area contributed by atoms with Crippen LogP contribution in [0, 0.1) is 0 Å². The third-order valence-corrected chi connectivity index (χ3v) is 2.91. The van der Waals surface area contributed by atoms with Crippen molar-refractivity contribution in [3.63, 3.8) is 0 Å². The highest BCUT2D eigenvalue weighted by Crippen LogP contribution is 2.12. The van der Waals surface area contributed by atoms with Gasteiger partial charge in [0, 0.05) is 25.7 Å². The van der Waals surface area contributed by atoms with E-state index in [0.717, 1.165) is 12.8 Å². The van der Waals surface area contributed by atoms with Crippen LogP contribution in [0.5, 0.6) is 5.75 Å². The van der Waals surface area contributed by atoms with Gasteiger partial charge in [0.2, 0.25) is 5.91 Å². The molecule has 2 rings (SSSR count). The molecule has 0 aliphatic carbocycles. The van der Waals surface area contributed by atoms with Crippen LogP contribution < -0.4 is 5.32 Å². The van der Waals surface area contributed by atoms with Crippen LogP contribution >= 0.6 is 0 Å². The Morgan fingerprint density at radius 1 is 1.45 bits per heavy atom. The van der Waals surface area contributed by atoms with Gasteiger partial charge in [-0.05, 0) is 25.0 Å². The van der Waals surface area contributed by atoms with Crippen LogP contribution in [-0.4, -0.2) is 46.7 Å². The maximum Gasteiger partial charge on any atom is 0.273 e. The minimum absolute atomic E-state index is 0.0471. The van der Waals surface area contributed by atoms with Crippen molar-refractivity contribution in [2.24, 2.45) is 0 Å². The molecule has 20 heavy (non-hydrogen) atoms. The van der Waals surface area contributed by atoms with Gasteiger partial charge < -0.3 is 10.4 Å². The standard InChI is InChI=1S/C13H17N3O4/c17-10-4-3-6-14-12(10)13(19)15-7-5-11(18)16-8-1-2-9-20-16/h3-4,6,17H,1-2,5,7-9H2,(H,15,19). The number of amides is 2. The van der Waals surface area contributed by atoms with Gasteiger partial charge in [0.25, 0.3) is 5.91 Å². The quantitative estimate of drug-likeness (QED) is 0.835. The van der Waals surface area contributed by atoms with Crippen molar-refractivity contribution in [3.05, 3.63) is 24.0 Å². The summed E-state index contributed by atoms with van der Waals surface area (Å²) in [5, 5.41) is 13.4. The van der Waals surface area contributed by atoms with Gasteiger partial charge in [-0.25, -0.2) is 10.0 Å². The van der Waals surface area contributed by atoms with Gasteiger partial charge in [0.15, 0.2) is 5.69 Å². The van der Waals surface area contributed by atoms with Gasteiger partial charge in [-0.15, -0.1) is 0 Å². The Balaban J connectivity index is 1.76. The lowest BCUT2D eigenvalue weighted by Crippen LogP contribution is -2.38. The first-order valence-corrected chi connectivity index (χ1v) is 6.54. The first-order valence-electron chi connectivity index (χ1n) is 6.54. The second-order valence-electron chi connectivity index (χ2n) is 4.41. The minimum Gasteiger partial charge on any atom is -0.505 e. The molecule has 1 aromatic rings. The van der Waals surface area contributed by atoms with E-state index in [1.165, 1.54) is 23.4 Å². The fourth-order valence-electron chi connectivity index (χ4n) is 1.86. The van der Waals surface area contributed by atoms with Gasteiger partial charge in [0.1, 0.15) is 5.75 Å². The number of hydrogen-bond donors (Lipinski definition) is 2. The van der Waals surface area contributed by atoms with E-state index in [0.29, 0.717) is 13.2 Å². The number of aromatic hydroxyl groups is 1. The Labute approximate surface area is 116 Å². The first kappa shape index (κ1) is 14.3. The zero-order valence-corrected chi connectivity index (χ0v) is 11.0. The topological polar surface area (TPSA) is 91.8 Å². The molecule has 2 heterocycles. The molecular formula is C13H17N3O4. The van der Waals surface area contributed by atoms with Gasteiger partial charge in [-0.3, -0.25) is 14.4 Å². The maximum atomic E-state index is 11.8. The molecule has 0 unspecified atom stereocenters. The summed E-state index contributed by atoms with van der Waals surface area (Å²) in [7, 11) is 0. The summed E-state index contributed by atoms with van der Waals surface area (Å²) in [5.41, 5.74) is -0.0471. The third-order valence-electron chi connectivity index (χ3n) is 2.91. The molecular weight excluding hydrogens is 262 g/mol. The summed E-state index contributed by atoms with van der Waals surface area (Å²) in [6.45, 7) is 1.32. The number of carbonyl (C=O) groups excluding carboxylic acids is 2. The SMILES string of the molecule is O=C(NCCC(=O)N1CCCCO1)c1ncccc1O. The number of carbonyl (C=O) groups is 2. The van der Waals surface area contributed by atoms with Crippen LogP contribution in [-0.2, 0) is 9.63 Å². The number of pyridine rings is 1. The van der Waals surface area contributed by atoms with E-state index >= 15 is 0 Å². The summed E-state index contributed by atoms with van der Waals surface area (Å²) < 4.78 is 0. The Morgan fingerprint density at radius 2 is 2.30 bits per heavy atom. The summed E-state index contributed by atoms with van der Waals surface area (Å²) >= 11 is 0. The molecule has 1 aromatic heterocycles. The van der Waals surface area contributed by atoms with E-state index in [1.807, 2.05) is 0 Å². The van der Waals surface area contributed by atoms with Gasteiger partial charge in [0.05, 0.1) is 6.61 Å². The average molecular weight is 279 g/mol. The summed E-state index contributed by atoms with van der Waals surface area (Å²) in [6, 6.07) is 2.91. The number of aromatic nitrogens is 1. The number of nitrogens with zero attached hydrogens (tertiary/aromatic N) is 2. The highest BCUT2D eigenvalue weighted by Gasteiger charge is 2.18. The van der Waals surface area contributed by atoms with Crippen molar-refractivity contribution in [3.8, 4) is 5.75 Å². The molecule has 108 valence electrons. The number of hydroxylamine groups is 2. The Hall–Kier alpha value is -2.15. The van der Waals surface area contributed by atoms with Gasteiger partial charge in [-0.2, -0.15) is 0 Å². The molecule has 0 aromatic carbocycles. The van der Waals surface area contributed by atoms with Crippen LogP contribution in [0.4, 0.5) is 0 Å². The molecule has 1 fully saturated rings. The van der Waals surface area contributed by atoms with Crippen molar-refractivity contribution < 1.29 is 19.5 Å². The van der Waals surface area contributed by atoms with E-state index in [4.69, 9.17) is 4.84 Å². The molecule has 0 saturated carbocycles. The molecule has 2 amide bonds. The lowest BCUT2D eigenvalue weighted by atomic mass is 10.2. The van der Waals surface area contributed by atoms with Crippen LogP contribution in [0.2, 0.25) is 0 Å². The molecule has 1 aliphatic heterocycles. The predicted octanol–water partition coefficient (Wildman–Crippen LogP) is 0.461. The molecule has 0 spiro atoms. The van der Waals surface area contributed by atoms with Crippen molar-refractivity contribution >= 4 is 11.8 Å². The smallest absolute Gasteiger partial charge is 0.273 e. The van der Waals surface area contributed by atoms with E-state index in [9.17, 15) is 14.7 Å². The summed E-state index contributed by atoms with van der Waals surface area (Å²) in [6.07, 6.45) is 3.46. The molecule has 2 N–H and O–H groups in total. The van der Waals surface area contributed by atoms with Crippen LogP contribution in [0.25, 0.3) is 0 Å². The van der Waals surface area contributed by atoms with E-state index in [1.54, 1.807) is 0 Å². The number of rotatable bonds is 4. The fourth-order valence-corrected chi connectivity index (χ4v) is 1.86. The molecule has 7 nitrogen and oxygen atoms in total. The largest absolute Gasteiger partial charge is 0.505 e. The third kappa shape index (κ3) is 3.67. The van der Waals surface area contributed by atoms with Crippen LogP contribution in [0.1, 0.15) is 29.8 Å². The molecule has 0 atom stereocenters. The van der Waals surface area contributed by atoms with Gasteiger partial charge in [-0.1, -0.05) is 0 Å². The highest BCUT2D eigenvalue weighted by atomic mass is 16.7. The molecule has 0 radical (unpaired) electrons. The normalized spacial score (nSPS) is 14.9. The van der Waals surface area contributed by atoms with Crippen LogP contribution in [0.3, 0.4) is 0 Å². The first-order chi connectivity index (χ1) is 9.68. The minimum atomic E-state index is -0.504. The highest BCUT2D eigenvalue weighted by molar-refractivity contribution is 5.94. The Morgan fingerprint density at radius 3 is 3.00 bits per heavy atom. The second-order valence-corrected chi connectivity index (χ2v) is 4.41. The van der Waals surface area contributed by atoms with Crippen molar-refractivity contribution in [1.82, 2.24) is 15.4 Å². The summed E-state index contributed by atoms with van der Waals surface area (Å²) in [5.74, 6) is -0.846.